The van der Waals surface area contributed by atoms with Crippen LogP contribution in [0.3, 0.4) is 0 Å². The molecule has 1 aromatic heterocycles. The zero-order valence-corrected chi connectivity index (χ0v) is 23.3. The van der Waals surface area contributed by atoms with Gasteiger partial charge in [0.05, 0.1) is 28.3 Å². The van der Waals surface area contributed by atoms with Gasteiger partial charge >= 0.3 is 0 Å². The molecule has 0 saturated carbocycles. The Labute approximate surface area is 239 Å². The first-order valence-electron chi connectivity index (χ1n) is 11.8. The van der Waals surface area contributed by atoms with Gasteiger partial charge in [0, 0.05) is 16.2 Å². The summed E-state index contributed by atoms with van der Waals surface area (Å²) >= 11 is 14.3. The number of thioether (sulfide) groups is 1. The van der Waals surface area contributed by atoms with Crippen molar-refractivity contribution in [2.45, 2.75) is 30.9 Å². The first-order chi connectivity index (χ1) is 18.8. The quantitative estimate of drug-likeness (QED) is 0.107. The third-order valence-corrected chi connectivity index (χ3v) is 7.41. The summed E-state index contributed by atoms with van der Waals surface area (Å²) in [4.78, 5) is 11.2. The number of nitriles is 1. The molecular weight excluding hydrogens is 561 g/mol. The molecule has 39 heavy (non-hydrogen) atoms. The van der Waals surface area contributed by atoms with E-state index in [2.05, 4.69) is 16.3 Å². The molecule has 0 aliphatic rings. The number of halogens is 2. The third-order valence-electron chi connectivity index (χ3n) is 5.67. The Morgan fingerprint density at radius 3 is 2.44 bits per heavy atom. The van der Waals surface area contributed by atoms with Crippen molar-refractivity contribution in [1.29, 1.82) is 5.26 Å². The van der Waals surface area contributed by atoms with Crippen molar-refractivity contribution < 1.29 is 14.4 Å². The molecule has 0 spiro atoms. The highest BCUT2D eigenvalue weighted by atomic mass is 35.5. The van der Waals surface area contributed by atoms with Crippen molar-refractivity contribution in [3.05, 3.63) is 103 Å². The van der Waals surface area contributed by atoms with E-state index in [1.165, 1.54) is 11.8 Å². The van der Waals surface area contributed by atoms with Crippen LogP contribution in [0.15, 0.2) is 65.8 Å². The molecule has 0 aliphatic heterocycles. The molecule has 0 amide bonds. The van der Waals surface area contributed by atoms with Gasteiger partial charge in [-0.15, -0.1) is 10.2 Å². The zero-order chi connectivity index (χ0) is 27.9. The molecule has 0 saturated heterocycles. The summed E-state index contributed by atoms with van der Waals surface area (Å²) in [7, 11) is 0. The molecule has 4 rings (SSSR count). The molecule has 4 aromatic rings. The lowest BCUT2D eigenvalue weighted by molar-refractivity contribution is -0.479. The second kappa shape index (κ2) is 12.8. The minimum atomic E-state index is -0.673. The highest BCUT2D eigenvalue weighted by Gasteiger charge is 2.26. The van der Waals surface area contributed by atoms with Crippen molar-refractivity contribution in [3.63, 3.8) is 0 Å². The first-order valence-corrected chi connectivity index (χ1v) is 13.5. The number of aryl methyl sites for hydroxylation is 1. The van der Waals surface area contributed by atoms with Crippen LogP contribution in [-0.4, -0.2) is 32.8 Å². The fourth-order valence-corrected chi connectivity index (χ4v) is 5.62. The lowest BCUT2D eigenvalue weighted by Gasteiger charge is -2.17. The van der Waals surface area contributed by atoms with Crippen LogP contribution in [0, 0.1) is 28.4 Å². The Hall–Kier alpha value is -3.78. The van der Waals surface area contributed by atoms with Crippen LogP contribution in [0.4, 0.5) is 0 Å². The van der Waals surface area contributed by atoms with Crippen LogP contribution in [0.2, 0.25) is 10.0 Å². The number of hydrogen-bond acceptors (Lipinski definition) is 8. The Kier molecular flexibility index (Phi) is 9.30. The normalized spacial score (nSPS) is 11.6. The molecule has 0 N–H and O–H groups in total. The maximum atomic E-state index is 11.6. The molecule has 12 heteroatoms. The summed E-state index contributed by atoms with van der Waals surface area (Å²) in [5.41, 5.74) is 2.49. The van der Waals surface area contributed by atoms with Gasteiger partial charge in [-0.3, -0.25) is 14.7 Å². The number of ether oxygens (including phenoxy) is 2. The van der Waals surface area contributed by atoms with Gasteiger partial charge in [0.1, 0.15) is 23.4 Å². The summed E-state index contributed by atoms with van der Waals surface area (Å²) in [6, 6.07) is 19.8. The summed E-state index contributed by atoms with van der Waals surface area (Å²) in [5, 5.41) is 29.6. The summed E-state index contributed by atoms with van der Waals surface area (Å²) in [5.74, 6) is 1.59. The second-order valence-corrected chi connectivity index (χ2v) is 10.3. The van der Waals surface area contributed by atoms with Gasteiger partial charge in [-0.2, -0.15) is 5.26 Å². The van der Waals surface area contributed by atoms with Gasteiger partial charge in [-0.1, -0.05) is 53.2 Å². The van der Waals surface area contributed by atoms with E-state index in [4.69, 9.17) is 32.7 Å². The maximum absolute atomic E-state index is 11.6. The van der Waals surface area contributed by atoms with E-state index in [1.54, 1.807) is 43.3 Å². The molecule has 9 nitrogen and oxygen atoms in total. The van der Waals surface area contributed by atoms with E-state index in [-0.39, 0.29) is 22.4 Å². The minimum absolute atomic E-state index is 0.0834. The number of nitrogens with zero attached hydrogens (tertiary/aromatic N) is 5. The Bertz CT molecular complexity index is 1500. The van der Waals surface area contributed by atoms with Crippen molar-refractivity contribution in [1.82, 2.24) is 14.8 Å². The van der Waals surface area contributed by atoms with Crippen LogP contribution in [-0.2, 0) is 6.61 Å². The first kappa shape index (κ1) is 28.2. The summed E-state index contributed by atoms with van der Waals surface area (Å²) in [6.07, 6.45) is 0. The number of aromatic nitrogens is 3. The lowest BCUT2D eigenvalue weighted by atomic mass is 10.1. The van der Waals surface area contributed by atoms with Crippen LogP contribution in [0.1, 0.15) is 34.7 Å². The average Bonchev–Trinajstić information content (AvgIpc) is 3.28. The number of hydrogen-bond donors (Lipinski definition) is 0. The van der Waals surface area contributed by atoms with Crippen molar-refractivity contribution in [2.75, 3.05) is 13.2 Å². The van der Waals surface area contributed by atoms with E-state index in [9.17, 15) is 15.4 Å². The average molecular weight is 584 g/mol. The fraction of sp³-hybridized carbons (Fsp3) is 0.222. The van der Waals surface area contributed by atoms with Gasteiger partial charge in [0.2, 0.25) is 6.54 Å². The monoisotopic (exact) mass is 583 g/mol. The molecular formula is C27H23Cl2N5O4S. The molecule has 3 aromatic carbocycles. The van der Waals surface area contributed by atoms with Crippen molar-refractivity contribution in [3.8, 4) is 23.3 Å². The SMILES string of the molecule is CCOc1ccc(-n2c(C)nnc2S[C@@H](C[N+](=O)[O-])c2cc(Cl)c(OCc3ccccc3C#N)c(Cl)c2)cc1. The summed E-state index contributed by atoms with van der Waals surface area (Å²) in [6.45, 7) is 3.95. The highest BCUT2D eigenvalue weighted by Crippen LogP contribution is 2.42. The van der Waals surface area contributed by atoms with E-state index in [0.29, 0.717) is 34.3 Å². The van der Waals surface area contributed by atoms with Crippen LogP contribution in [0.5, 0.6) is 11.5 Å². The number of benzene rings is 3. The molecule has 1 atom stereocenters. The predicted molar refractivity (Wildman–Crippen MR) is 150 cm³/mol. The topological polar surface area (TPSA) is 116 Å². The lowest BCUT2D eigenvalue weighted by Crippen LogP contribution is -2.11. The molecule has 0 radical (unpaired) electrons. The van der Waals surface area contributed by atoms with Crippen LogP contribution in [0.25, 0.3) is 5.69 Å². The Morgan fingerprint density at radius 2 is 1.79 bits per heavy atom. The Morgan fingerprint density at radius 1 is 1.10 bits per heavy atom. The van der Waals surface area contributed by atoms with Gasteiger partial charge < -0.3 is 9.47 Å². The summed E-state index contributed by atoms with van der Waals surface area (Å²) < 4.78 is 13.2. The van der Waals surface area contributed by atoms with Crippen LogP contribution >= 0.6 is 35.0 Å². The molecule has 0 fully saturated rings. The van der Waals surface area contributed by atoms with Gasteiger partial charge in [0.25, 0.3) is 0 Å². The molecule has 0 unspecified atom stereocenters. The Balaban J connectivity index is 1.61. The van der Waals surface area contributed by atoms with Crippen molar-refractivity contribution >= 4 is 35.0 Å². The third kappa shape index (κ3) is 6.81. The standard InChI is InChI=1S/C27H23Cl2N5O4S/c1-3-37-22-10-8-21(9-11-22)34-17(2)31-32-27(34)39-25(15-33(35)36)20-12-23(28)26(24(29)13-20)38-16-19-7-5-4-6-18(19)14-30/h4-13,25H,3,15-16H2,1-2H3/t25-/m0/s1. The van der Waals surface area contributed by atoms with E-state index >= 15 is 0 Å². The predicted octanol–water partition coefficient (Wildman–Crippen LogP) is 6.84. The largest absolute Gasteiger partial charge is 0.494 e. The molecule has 200 valence electrons. The van der Waals surface area contributed by atoms with Crippen molar-refractivity contribution in [2.24, 2.45) is 0 Å². The zero-order valence-electron chi connectivity index (χ0n) is 21.0. The molecule has 0 aliphatic carbocycles. The molecule has 1 heterocycles. The fourth-order valence-electron chi connectivity index (χ4n) is 3.86. The highest BCUT2D eigenvalue weighted by molar-refractivity contribution is 7.99. The van der Waals surface area contributed by atoms with E-state index in [0.717, 1.165) is 11.4 Å². The second-order valence-electron chi connectivity index (χ2n) is 8.29. The minimum Gasteiger partial charge on any atom is -0.494 e. The van der Waals surface area contributed by atoms with Gasteiger partial charge in [0.15, 0.2) is 10.9 Å². The smallest absolute Gasteiger partial charge is 0.220 e. The van der Waals surface area contributed by atoms with Gasteiger partial charge in [-0.05, 0) is 61.9 Å². The van der Waals surface area contributed by atoms with Gasteiger partial charge in [-0.25, -0.2) is 0 Å². The number of rotatable bonds is 11. The number of nitro groups is 1. The maximum Gasteiger partial charge on any atom is 0.220 e. The molecule has 0 bridgehead atoms. The van der Waals surface area contributed by atoms with Crippen LogP contribution < -0.4 is 9.47 Å². The van der Waals surface area contributed by atoms with E-state index in [1.807, 2.05) is 35.8 Å². The van der Waals surface area contributed by atoms with E-state index < -0.39 is 16.7 Å².